The Morgan fingerprint density at radius 3 is 2.60 bits per heavy atom. The fourth-order valence-corrected chi connectivity index (χ4v) is 1.92. The van der Waals surface area contributed by atoms with E-state index in [0.717, 1.165) is 0 Å². The fourth-order valence-electron chi connectivity index (χ4n) is 1.71. The Hall–Kier alpha value is -2.31. The third-order valence-corrected chi connectivity index (χ3v) is 3.07. The molecule has 0 bridgehead atoms. The van der Waals surface area contributed by atoms with Gasteiger partial charge in [-0.1, -0.05) is 41.9 Å². The minimum absolute atomic E-state index is 0.0327. The molecule has 2 aromatic rings. The van der Waals surface area contributed by atoms with Crippen molar-refractivity contribution in [1.82, 2.24) is 0 Å². The van der Waals surface area contributed by atoms with Crippen molar-refractivity contribution in [2.24, 2.45) is 0 Å². The van der Waals surface area contributed by atoms with Crippen LogP contribution in [-0.4, -0.2) is 12.4 Å². The highest BCUT2D eigenvalue weighted by atomic mass is 35.5. The van der Waals surface area contributed by atoms with E-state index < -0.39 is 0 Å². The van der Waals surface area contributed by atoms with Gasteiger partial charge in [-0.15, -0.1) is 0 Å². The molecule has 0 unspecified atom stereocenters. The molecule has 0 heterocycles. The SMILES string of the molecule is N#Cc1ccc(OCCC(=O)c2ccccc2)cc1Cl. The van der Waals surface area contributed by atoms with Crippen LogP contribution in [-0.2, 0) is 0 Å². The second-order valence-corrected chi connectivity index (χ2v) is 4.55. The second-order valence-electron chi connectivity index (χ2n) is 4.14. The van der Waals surface area contributed by atoms with Crippen molar-refractivity contribution in [3.05, 3.63) is 64.7 Å². The van der Waals surface area contributed by atoms with Gasteiger partial charge in [-0.3, -0.25) is 4.79 Å². The highest BCUT2D eigenvalue weighted by Gasteiger charge is 2.06. The van der Waals surface area contributed by atoms with E-state index in [1.165, 1.54) is 0 Å². The van der Waals surface area contributed by atoms with Crippen molar-refractivity contribution < 1.29 is 9.53 Å². The van der Waals surface area contributed by atoms with Gasteiger partial charge in [-0.05, 0) is 12.1 Å². The van der Waals surface area contributed by atoms with E-state index in [9.17, 15) is 4.79 Å². The lowest BCUT2D eigenvalue weighted by Gasteiger charge is -2.06. The van der Waals surface area contributed by atoms with E-state index in [2.05, 4.69) is 0 Å². The number of hydrogen-bond acceptors (Lipinski definition) is 3. The molecule has 20 heavy (non-hydrogen) atoms. The Kier molecular flexibility index (Phi) is 4.75. The molecule has 2 aromatic carbocycles. The molecule has 0 aromatic heterocycles. The van der Waals surface area contributed by atoms with Gasteiger partial charge in [-0.2, -0.15) is 5.26 Å². The number of halogens is 1. The summed E-state index contributed by atoms with van der Waals surface area (Å²) in [6.45, 7) is 0.274. The van der Waals surface area contributed by atoms with E-state index in [1.54, 1.807) is 30.3 Å². The van der Waals surface area contributed by atoms with Gasteiger partial charge in [0, 0.05) is 18.1 Å². The molecule has 2 rings (SSSR count). The number of ketones is 1. The molecule has 3 nitrogen and oxygen atoms in total. The average molecular weight is 286 g/mol. The smallest absolute Gasteiger partial charge is 0.166 e. The second kappa shape index (κ2) is 6.74. The van der Waals surface area contributed by atoms with Gasteiger partial charge in [0.25, 0.3) is 0 Å². The summed E-state index contributed by atoms with van der Waals surface area (Å²) in [6, 6.07) is 15.9. The predicted molar refractivity (Wildman–Crippen MR) is 77.1 cm³/mol. The van der Waals surface area contributed by atoms with E-state index in [0.29, 0.717) is 28.3 Å². The predicted octanol–water partition coefficient (Wildman–Crippen LogP) is 3.86. The third-order valence-electron chi connectivity index (χ3n) is 2.75. The van der Waals surface area contributed by atoms with Crippen LogP contribution in [0.1, 0.15) is 22.3 Å². The summed E-state index contributed by atoms with van der Waals surface area (Å²) in [5.41, 5.74) is 1.08. The standard InChI is InChI=1S/C16H12ClNO2/c17-15-10-14(7-6-13(15)11-18)20-9-8-16(19)12-4-2-1-3-5-12/h1-7,10H,8-9H2. The fraction of sp³-hybridized carbons (Fsp3) is 0.125. The number of rotatable bonds is 5. The molecule has 100 valence electrons. The Bertz CT molecular complexity index is 647. The summed E-state index contributed by atoms with van der Waals surface area (Å²) in [4.78, 5) is 11.9. The van der Waals surface area contributed by atoms with Crippen molar-refractivity contribution in [2.45, 2.75) is 6.42 Å². The first-order chi connectivity index (χ1) is 9.70. The van der Waals surface area contributed by atoms with Gasteiger partial charge in [-0.25, -0.2) is 0 Å². The van der Waals surface area contributed by atoms with Gasteiger partial charge in [0.2, 0.25) is 0 Å². The molecule has 4 heteroatoms. The number of Topliss-reactive ketones (excluding diaryl/α,β-unsaturated/α-hetero) is 1. The number of hydrogen-bond donors (Lipinski definition) is 0. The molecule has 0 aliphatic carbocycles. The Balaban J connectivity index is 1.89. The minimum Gasteiger partial charge on any atom is -0.493 e. The molecule has 0 saturated carbocycles. The van der Waals surface area contributed by atoms with Gasteiger partial charge >= 0.3 is 0 Å². The van der Waals surface area contributed by atoms with Crippen LogP contribution in [0.2, 0.25) is 5.02 Å². The Morgan fingerprint density at radius 1 is 1.20 bits per heavy atom. The molecule has 0 saturated heterocycles. The molecule has 0 fully saturated rings. The maximum atomic E-state index is 11.9. The maximum absolute atomic E-state index is 11.9. The molecule has 0 atom stereocenters. The summed E-state index contributed by atoms with van der Waals surface area (Å²) >= 11 is 5.90. The quantitative estimate of drug-likeness (QED) is 0.784. The molecule has 0 amide bonds. The van der Waals surface area contributed by atoms with Crippen molar-refractivity contribution in [2.75, 3.05) is 6.61 Å². The molecule has 0 aliphatic heterocycles. The van der Waals surface area contributed by atoms with Crippen LogP contribution in [0.4, 0.5) is 0 Å². The molecular formula is C16H12ClNO2. The lowest BCUT2D eigenvalue weighted by atomic mass is 10.1. The monoisotopic (exact) mass is 285 g/mol. The minimum atomic E-state index is 0.0327. The average Bonchev–Trinajstić information content (AvgIpc) is 2.48. The summed E-state index contributed by atoms with van der Waals surface area (Å²) in [6.07, 6.45) is 0.293. The maximum Gasteiger partial charge on any atom is 0.166 e. The Labute approximate surface area is 122 Å². The summed E-state index contributed by atoms with van der Waals surface area (Å²) in [5, 5.41) is 9.11. The van der Waals surface area contributed by atoms with Crippen LogP contribution < -0.4 is 4.74 Å². The lowest BCUT2D eigenvalue weighted by molar-refractivity contribution is 0.0962. The zero-order chi connectivity index (χ0) is 14.4. The van der Waals surface area contributed by atoms with Crippen molar-refractivity contribution in [3.63, 3.8) is 0 Å². The summed E-state index contributed by atoms with van der Waals surface area (Å²) in [5.74, 6) is 0.584. The van der Waals surface area contributed by atoms with Crippen LogP contribution in [0.5, 0.6) is 5.75 Å². The Morgan fingerprint density at radius 2 is 1.95 bits per heavy atom. The van der Waals surface area contributed by atoms with E-state index >= 15 is 0 Å². The number of carbonyl (C=O) groups excluding carboxylic acids is 1. The van der Waals surface area contributed by atoms with E-state index in [1.807, 2.05) is 24.3 Å². The number of benzene rings is 2. The highest BCUT2D eigenvalue weighted by Crippen LogP contribution is 2.22. The normalized spacial score (nSPS) is 9.80. The highest BCUT2D eigenvalue weighted by molar-refractivity contribution is 6.31. The molecule has 0 N–H and O–H groups in total. The molecular weight excluding hydrogens is 274 g/mol. The van der Waals surface area contributed by atoms with Gasteiger partial charge in [0.15, 0.2) is 5.78 Å². The van der Waals surface area contributed by atoms with Crippen molar-refractivity contribution in [1.29, 1.82) is 5.26 Å². The van der Waals surface area contributed by atoms with Crippen LogP contribution in [0.25, 0.3) is 0 Å². The largest absolute Gasteiger partial charge is 0.493 e. The summed E-state index contributed by atoms with van der Waals surface area (Å²) < 4.78 is 5.46. The first kappa shape index (κ1) is 14.1. The van der Waals surface area contributed by atoms with Crippen molar-refractivity contribution in [3.8, 4) is 11.8 Å². The molecule has 0 radical (unpaired) electrons. The van der Waals surface area contributed by atoms with Crippen LogP contribution >= 0.6 is 11.6 Å². The van der Waals surface area contributed by atoms with Gasteiger partial charge in [0.05, 0.1) is 17.2 Å². The number of carbonyl (C=O) groups is 1. The number of ether oxygens (including phenoxy) is 1. The zero-order valence-electron chi connectivity index (χ0n) is 10.7. The van der Waals surface area contributed by atoms with Crippen LogP contribution in [0.15, 0.2) is 48.5 Å². The topological polar surface area (TPSA) is 50.1 Å². The van der Waals surface area contributed by atoms with Gasteiger partial charge < -0.3 is 4.74 Å². The van der Waals surface area contributed by atoms with Crippen LogP contribution in [0, 0.1) is 11.3 Å². The zero-order valence-corrected chi connectivity index (χ0v) is 11.4. The summed E-state index contributed by atoms with van der Waals surface area (Å²) in [7, 11) is 0. The first-order valence-corrected chi connectivity index (χ1v) is 6.49. The number of nitrogens with zero attached hydrogens (tertiary/aromatic N) is 1. The van der Waals surface area contributed by atoms with Gasteiger partial charge in [0.1, 0.15) is 11.8 Å². The van der Waals surface area contributed by atoms with E-state index in [-0.39, 0.29) is 12.4 Å². The van der Waals surface area contributed by atoms with Crippen LogP contribution in [0.3, 0.4) is 0 Å². The van der Waals surface area contributed by atoms with Crippen molar-refractivity contribution >= 4 is 17.4 Å². The lowest BCUT2D eigenvalue weighted by Crippen LogP contribution is -2.06. The first-order valence-electron chi connectivity index (χ1n) is 6.11. The van der Waals surface area contributed by atoms with E-state index in [4.69, 9.17) is 21.6 Å². The molecule has 0 spiro atoms. The third kappa shape index (κ3) is 3.59. The molecule has 0 aliphatic rings. The number of nitriles is 1.